The van der Waals surface area contributed by atoms with Crippen LogP contribution < -0.4 is 11.1 Å². The number of nitrogens with one attached hydrogen (secondary N) is 1. The molecule has 0 spiro atoms. The number of carbonyl (C=O) groups is 1. The van der Waals surface area contributed by atoms with Crippen molar-refractivity contribution in [2.45, 2.75) is 0 Å². The molecule has 1 rings (SSSR count). The Balaban J connectivity index is 2.83. The van der Waals surface area contributed by atoms with E-state index in [1.54, 1.807) is 12.1 Å². The Bertz CT molecular complexity index is 458. The Hall–Kier alpha value is -2.32. The summed E-state index contributed by atoms with van der Waals surface area (Å²) >= 11 is 0. The van der Waals surface area contributed by atoms with Gasteiger partial charge in [-0.1, -0.05) is 12.1 Å². The highest BCUT2D eigenvalue weighted by Crippen LogP contribution is 2.12. The van der Waals surface area contributed by atoms with Gasteiger partial charge in [0.25, 0.3) is 5.91 Å². The van der Waals surface area contributed by atoms with Gasteiger partial charge >= 0.3 is 0 Å². The minimum absolute atomic E-state index is 0.00383. The second-order valence-corrected chi connectivity index (χ2v) is 3.31. The highest BCUT2D eigenvalue weighted by molar-refractivity contribution is 6.01. The van der Waals surface area contributed by atoms with Gasteiger partial charge in [-0.2, -0.15) is 5.26 Å². The highest BCUT2D eigenvalue weighted by atomic mass is 16.3. The van der Waals surface area contributed by atoms with Gasteiger partial charge in [-0.05, 0) is 23.8 Å². The molecule has 0 radical (unpaired) electrons. The molecular formula is C12H13N3O2. The molecule has 0 fully saturated rings. The van der Waals surface area contributed by atoms with Crippen LogP contribution in [0.4, 0.5) is 0 Å². The van der Waals surface area contributed by atoms with E-state index in [1.807, 2.05) is 6.07 Å². The second-order valence-electron chi connectivity index (χ2n) is 3.31. The molecule has 0 heterocycles. The van der Waals surface area contributed by atoms with Gasteiger partial charge in [-0.15, -0.1) is 0 Å². The van der Waals surface area contributed by atoms with Crippen molar-refractivity contribution in [2.24, 2.45) is 5.73 Å². The molecule has 0 saturated carbocycles. The Morgan fingerprint density at radius 3 is 2.65 bits per heavy atom. The van der Waals surface area contributed by atoms with Crippen molar-refractivity contribution in [3.63, 3.8) is 0 Å². The maximum absolute atomic E-state index is 11.5. The molecule has 0 aromatic heterocycles. The summed E-state index contributed by atoms with van der Waals surface area (Å²) in [5, 5.41) is 20.5. The minimum Gasteiger partial charge on any atom is -0.508 e. The van der Waals surface area contributed by atoms with E-state index in [0.717, 1.165) is 0 Å². The Kier molecular flexibility index (Phi) is 4.73. The van der Waals surface area contributed by atoms with Crippen LogP contribution in [0.3, 0.4) is 0 Å². The first-order valence-corrected chi connectivity index (χ1v) is 5.06. The molecule has 0 bridgehead atoms. The van der Waals surface area contributed by atoms with E-state index < -0.39 is 5.91 Å². The van der Waals surface area contributed by atoms with Crippen molar-refractivity contribution in [1.29, 1.82) is 5.26 Å². The number of carbonyl (C=O) groups excluding carboxylic acids is 1. The van der Waals surface area contributed by atoms with Gasteiger partial charge in [0.15, 0.2) is 0 Å². The van der Waals surface area contributed by atoms with Gasteiger partial charge in [-0.25, -0.2) is 0 Å². The molecule has 0 unspecified atom stereocenters. The normalized spacial score (nSPS) is 10.7. The monoisotopic (exact) mass is 231 g/mol. The zero-order chi connectivity index (χ0) is 12.7. The van der Waals surface area contributed by atoms with Gasteiger partial charge in [0, 0.05) is 13.1 Å². The van der Waals surface area contributed by atoms with Crippen molar-refractivity contribution < 1.29 is 9.90 Å². The Labute approximate surface area is 99.2 Å². The number of nitrogens with two attached hydrogens (primary N) is 1. The SMILES string of the molecule is N#C/C(=C\c1ccc(O)cc1)C(=O)NCCN. The maximum atomic E-state index is 11.5. The third-order valence-corrected chi connectivity index (χ3v) is 2.00. The van der Waals surface area contributed by atoms with E-state index in [4.69, 9.17) is 16.1 Å². The largest absolute Gasteiger partial charge is 0.508 e. The minimum atomic E-state index is -0.453. The van der Waals surface area contributed by atoms with Crippen molar-refractivity contribution in [2.75, 3.05) is 13.1 Å². The summed E-state index contributed by atoms with van der Waals surface area (Å²) in [6, 6.07) is 8.02. The van der Waals surface area contributed by atoms with E-state index in [2.05, 4.69) is 5.32 Å². The van der Waals surface area contributed by atoms with Crippen molar-refractivity contribution in [1.82, 2.24) is 5.32 Å². The summed E-state index contributed by atoms with van der Waals surface area (Å²) < 4.78 is 0. The number of amides is 1. The van der Waals surface area contributed by atoms with E-state index in [9.17, 15) is 4.79 Å². The van der Waals surface area contributed by atoms with Crippen LogP contribution in [0.25, 0.3) is 6.08 Å². The van der Waals surface area contributed by atoms with E-state index in [1.165, 1.54) is 18.2 Å². The summed E-state index contributed by atoms with van der Waals surface area (Å²) in [7, 11) is 0. The smallest absolute Gasteiger partial charge is 0.261 e. The predicted octanol–water partition coefficient (Wildman–Crippen LogP) is 0.374. The lowest BCUT2D eigenvalue weighted by molar-refractivity contribution is -0.116. The molecule has 0 aliphatic carbocycles. The van der Waals surface area contributed by atoms with E-state index in [0.29, 0.717) is 18.7 Å². The van der Waals surface area contributed by atoms with Gasteiger partial charge < -0.3 is 16.2 Å². The van der Waals surface area contributed by atoms with Gasteiger partial charge in [0.1, 0.15) is 17.4 Å². The lowest BCUT2D eigenvalue weighted by Crippen LogP contribution is -2.29. The fourth-order valence-electron chi connectivity index (χ4n) is 1.17. The number of aromatic hydroxyl groups is 1. The Morgan fingerprint density at radius 2 is 2.12 bits per heavy atom. The molecule has 4 N–H and O–H groups in total. The summed E-state index contributed by atoms with van der Waals surface area (Å²) in [4.78, 5) is 11.5. The van der Waals surface area contributed by atoms with Gasteiger partial charge in [0.2, 0.25) is 0 Å². The van der Waals surface area contributed by atoms with Crippen LogP contribution in [-0.4, -0.2) is 24.1 Å². The molecule has 0 aliphatic heterocycles. The number of phenols is 1. The summed E-state index contributed by atoms with van der Waals surface area (Å²) in [5.41, 5.74) is 5.92. The van der Waals surface area contributed by atoms with Gasteiger partial charge in [0.05, 0.1) is 0 Å². The van der Waals surface area contributed by atoms with E-state index >= 15 is 0 Å². The third-order valence-electron chi connectivity index (χ3n) is 2.00. The average molecular weight is 231 g/mol. The zero-order valence-electron chi connectivity index (χ0n) is 9.18. The van der Waals surface area contributed by atoms with Crippen LogP contribution >= 0.6 is 0 Å². The van der Waals surface area contributed by atoms with Gasteiger partial charge in [-0.3, -0.25) is 4.79 Å². The Morgan fingerprint density at radius 1 is 1.47 bits per heavy atom. The third kappa shape index (κ3) is 3.97. The summed E-state index contributed by atoms with van der Waals surface area (Å²) in [6.07, 6.45) is 1.45. The number of rotatable bonds is 4. The number of nitrogens with zero attached hydrogens (tertiary/aromatic N) is 1. The summed E-state index contributed by atoms with van der Waals surface area (Å²) in [6.45, 7) is 0.650. The van der Waals surface area contributed by atoms with Crippen molar-refractivity contribution in [3.8, 4) is 11.8 Å². The highest BCUT2D eigenvalue weighted by Gasteiger charge is 2.07. The molecule has 1 aromatic rings. The maximum Gasteiger partial charge on any atom is 0.261 e. The molecule has 0 saturated heterocycles. The molecule has 5 heteroatoms. The standard InChI is InChI=1S/C12H13N3O2/c13-5-6-15-12(17)10(8-14)7-9-1-3-11(16)4-2-9/h1-4,7,16H,5-6,13H2,(H,15,17)/b10-7+. The number of nitriles is 1. The zero-order valence-corrected chi connectivity index (χ0v) is 9.18. The van der Waals surface area contributed by atoms with Crippen molar-refractivity contribution in [3.05, 3.63) is 35.4 Å². The number of hydrogen-bond donors (Lipinski definition) is 3. The van der Waals surface area contributed by atoms with Crippen LogP contribution in [0.1, 0.15) is 5.56 Å². The molecule has 0 aliphatic rings. The van der Waals surface area contributed by atoms with Crippen LogP contribution in [0, 0.1) is 11.3 Å². The number of hydrogen-bond acceptors (Lipinski definition) is 4. The van der Waals surface area contributed by atoms with Crippen LogP contribution in [0.5, 0.6) is 5.75 Å². The number of benzene rings is 1. The lowest BCUT2D eigenvalue weighted by Gasteiger charge is -2.01. The molecule has 1 amide bonds. The molecule has 17 heavy (non-hydrogen) atoms. The molecule has 5 nitrogen and oxygen atoms in total. The first kappa shape index (κ1) is 12.7. The molecule has 88 valence electrons. The second kappa shape index (κ2) is 6.30. The molecule has 0 atom stereocenters. The first-order chi connectivity index (χ1) is 8.17. The summed E-state index contributed by atoms with van der Waals surface area (Å²) in [5.74, 6) is -0.320. The molecular weight excluding hydrogens is 218 g/mol. The fourth-order valence-corrected chi connectivity index (χ4v) is 1.17. The first-order valence-electron chi connectivity index (χ1n) is 5.06. The topological polar surface area (TPSA) is 99.1 Å². The van der Waals surface area contributed by atoms with Crippen LogP contribution in [-0.2, 0) is 4.79 Å². The van der Waals surface area contributed by atoms with Crippen LogP contribution in [0.2, 0.25) is 0 Å². The fraction of sp³-hybridized carbons (Fsp3) is 0.167. The quantitative estimate of drug-likeness (QED) is 0.515. The predicted molar refractivity (Wildman–Crippen MR) is 63.8 cm³/mol. The van der Waals surface area contributed by atoms with Crippen LogP contribution in [0.15, 0.2) is 29.8 Å². The average Bonchev–Trinajstić information content (AvgIpc) is 2.35. The lowest BCUT2D eigenvalue weighted by atomic mass is 10.1. The molecule has 1 aromatic carbocycles. The van der Waals surface area contributed by atoms with Crippen molar-refractivity contribution >= 4 is 12.0 Å². The number of phenolic OH excluding ortho intramolecular Hbond substituents is 1. The van der Waals surface area contributed by atoms with E-state index in [-0.39, 0.29) is 11.3 Å².